The first-order chi connectivity index (χ1) is 10.5. The maximum atomic E-state index is 12.0. The lowest BCUT2D eigenvalue weighted by molar-refractivity contribution is -0.129. The topological polar surface area (TPSA) is 62.6 Å². The van der Waals surface area contributed by atoms with Crippen LogP contribution in [0.4, 0.5) is 0 Å². The normalized spacial score (nSPS) is 10.3. The van der Waals surface area contributed by atoms with Crippen LogP contribution in [-0.4, -0.2) is 30.3 Å². The summed E-state index contributed by atoms with van der Waals surface area (Å²) < 4.78 is 6.24. The smallest absolute Gasteiger partial charge is 0.251 e. The van der Waals surface area contributed by atoms with E-state index >= 15 is 0 Å². The summed E-state index contributed by atoms with van der Waals surface area (Å²) in [6.07, 6.45) is 0. The van der Waals surface area contributed by atoms with Crippen LogP contribution < -0.4 is 5.32 Å². The van der Waals surface area contributed by atoms with E-state index in [0.717, 1.165) is 10.2 Å². The third-order valence-corrected chi connectivity index (χ3v) is 3.60. The molecule has 2 aromatic rings. The highest BCUT2D eigenvalue weighted by molar-refractivity contribution is 9.10. The van der Waals surface area contributed by atoms with Gasteiger partial charge in [-0.25, -0.2) is 0 Å². The van der Waals surface area contributed by atoms with Gasteiger partial charge in [-0.3, -0.25) is 9.59 Å². The van der Waals surface area contributed by atoms with E-state index in [4.69, 9.17) is 4.42 Å². The monoisotopic (exact) mass is 364 g/mol. The molecule has 0 spiro atoms. The number of nitrogens with zero attached hydrogens (tertiary/aromatic N) is 1. The van der Waals surface area contributed by atoms with E-state index < -0.39 is 0 Å². The third kappa shape index (κ3) is 4.46. The van der Waals surface area contributed by atoms with Crippen LogP contribution in [0.25, 0.3) is 0 Å². The maximum Gasteiger partial charge on any atom is 0.251 e. The molecule has 1 heterocycles. The van der Waals surface area contributed by atoms with Gasteiger partial charge < -0.3 is 14.6 Å². The molecule has 1 aromatic heterocycles. The molecule has 1 aromatic carbocycles. The lowest BCUT2D eigenvalue weighted by Crippen LogP contribution is -2.37. The Morgan fingerprint density at radius 3 is 2.68 bits per heavy atom. The molecule has 0 bridgehead atoms. The van der Waals surface area contributed by atoms with Gasteiger partial charge >= 0.3 is 0 Å². The van der Waals surface area contributed by atoms with Crippen LogP contribution in [0.1, 0.15) is 21.9 Å². The van der Waals surface area contributed by atoms with E-state index in [0.29, 0.717) is 17.9 Å². The van der Waals surface area contributed by atoms with Crippen LogP contribution in [0.2, 0.25) is 0 Å². The minimum atomic E-state index is -0.281. The highest BCUT2D eigenvalue weighted by atomic mass is 79.9. The summed E-state index contributed by atoms with van der Waals surface area (Å²) in [5.41, 5.74) is 0.506. The Morgan fingerprint density at radius 1 is 1.27 bits per heavy atom. The van der Waals surface area contributed by atoms with Crippen LogP contribution in [0, 0.1) is 6.92 Å². The molecule has 22 heavy (non-hydrogen) atoms. The van der Waals surface area contributed by atoms with Gasteiger partial charge in [0.25, 0.3) is 5.91 Å². The Hall–Kier alpha value is -2.08. The van der Waals surface area contributed by atoms with Crippen molar-refractivity contribution in [2.45, 2.75) is 13.5 Å². The van der Waals surface area contributed by atoms with Crippen molar-refractivity contribution in [2.75, 3.05) is 13.6 Å². The summed E-state index contributed by atoms with van der Waals surface area (Å²) in [7, 11) is 1.67. The summed E-state index contributed by atoms with van der Waals surface area (Å²) in [5.74, 6) is 1.06. The number of amides is 2. The molecular weight excluding hydrogens is 348 g/mol. The molecule has 0 aliphatic rings. The number of likely N-dealkylation sites (N-methyl/N-ethyl adjacent to an activating group) is 1. The van der Waals surface area contributed by atoms with Crippen molar-refractivity contribution in [1.29, 1.82) is 0 Å². The van der Waals surface area contributed by atoms with Gasteiger partial charge in [-0.05, 0) is 37.3 Å². The fraction of sp³-hybridized carbons (Fsp3) is 0.250. The Labute approximate surface area is 137 Å². The number of furan rings is 1. The highest BCUT2D eigenvalue weighted by Crippen LogP contribution is 2.11. The van der Waals surface area contributed by atoms with E-state index in [1.54, 1.807) is 25.2 Å². The number of benzene rings is 1. The first-order valence-electron chi connectivity index (χ1n) is 6.79. The molecule has 0 aliphatic carbocycles. The SMILES string of the molecule is Cc1ccc(CN(C)C(=O)CNC(=O)c2cccc(Br)c2)o1. The maximum absolute atomic E-state index is 12.0. The Kier molecular flexibility index (Phi) is 5.38. The van der Waals surface area contributed by atoms with Gasteiger partial charge in [0.1, 0.15) is 11.5 Å². The van der Waals surface area contributed by atoms with Crippen LogP contribution in [0.15, 0.2) is 45.3 Å². The standard InChI is InChI=1S/C16H17BrN2O3/c1-11-6-7-14(22-11)10-19(2)15(20)9-18-16(21)12-4-3-5-13(17)8-12/h3-8H,9-10H2,1-2H3,(H,18,21). The molecular formula is C16H17BrN2O3. The molecule has 0 saturated carbocycles. The van der Waals surface area contributed by atoms with Gasteiger partial charge in [0.05, 0.1) is 13.1 Å². The molecule has 6 heteroatoms. The van der Waals surface area contributed by atoms with E-state index in [1.807, 2.05) is 25.1 Å². The Morgan fingerprint density at radius 2 is 2.05 bits per heavy atom. The number of hydrogen-bond acceptors (Lipinski definition) is 3. The van der Waals surface area contributed by atoms with Gasteiger partial charge in [-0.1, -0.05) is 22.0 Å². The minimum absolute atomic E-state index is 0.0540. The Bertz CT molecular complexity index is 682. The first-order valence-corrected chi connectivity index (χ1v) is 7.58. The lowest BCUT2D eigenvalue weighted by Gasteiger charge is -2.16. The summed E-state index contributed by atoms with van der Waals surface area (Å²) in [6, 6.07) is 10.7. The fourth-order valence-corrected chi connectivity index (χ4v) is 2.31. The molecule has 116 valence electrons. The molecule has 2 amide bonds. The zero-order chi connectivity index (χ0) is 16.1. The number of rotatable bonds is 5. The molecule has 5 nitrogen and oxygen atoms in total. The quantitative estimate of drug-likeness (QED) is 0.886. The van der Waals surface area contributed by atoms with Crippen LogP contribution in [0.3, 0.4) is 0 Å². The third-order valence-electron chi connectivity index (χ3n) is 3.10. The van der Waals surface area contributed by atoms with Gasteiger partial charge in [-0.15, -0.1) is 0 Å². The molecule has 0 aliphatic heterocycles. The highest BCUT2D eigenvalue weighted by Gasteiger charge is 2.13. The second-order valence-electron chi connectivity index (χ2n) is 4.96. The van der Waals surface area contributed by atoms with E-state index in [1.165, 1.54) is 4.90 Å². The van der Waals surface area contributed by atoms with Crippen LogP contribution >= 0.6 is 15.9 Å². The number of aryl methyl sites for hydroxylation is 1. The molecule has 0 fully saturated rings. The second kappa shape index (κ2) is 7.26. The van der Waals surface area contributed by atoms with Crippen molar-refractivity contribution in [3.63, 3.8) is 0 Å². The van der Waals surface area contributed by atoms with Crippen molar-refractivity contribution in [2.24, 2.45) is 0 Å². The fourth-order valence-electron chi connectivity index (χ4n) is 1.91. The predicted molar refractivity (Wildman–Crippen MR) is 86.4 cm³/mol. The number of carbonyl (C=O) groups is 2. The molecule has 1 N–H and O–H groups in total. The predicted octanol–water partition coefficient (Wildman–Crippen LogP) is 2.74. The minimum Gasteiger partial charge on any atom is -0.464 e. The second-order valence-corrected chi connectivity index (χ2v) is 5.87. The van der Waals surface area contributed by atoms with E-state index in [9.17, 15) is 9.59 Å². The zero-order valence-corrected chi connectivity index (χ0v) is 14.0. The Balaban J connectivity index is 1.85. The van der Waals surface area contributed by atoms with Gasteiger partial charge in [0, 0.05) is 17.1 Å². The van der Waals surface area contributed by atoms with E-state index in [-0.39, 0.29) is 18.4 Å². The lowest BCUT2D eigenvalue weighted by atomic mass is 10.2. The van der Waals surface area contributed by atoms with Crippen LogP contribution in [0.5, 0.6) is 0 Å². The summed E-state index contributed by atoms with van der Waals surface area (Å²) in [5, 5.41) is 2.62. The largest absolute Gasteiger partial charge is 0.464 e. The van der Waals surface area contributed by atoms with E-state index in [2.05, 4.69) is 21.2 Å². The average Bonchev–Trinajstić information content (AvgIpc) is 2.89. The van der Waals surface area contributed by atoms with Crippen LogP contribution in [-0.2, 0) is 11.3 Å². The van der Waals surface area contributed by atoms with Crippen molar-refractivity contribution in [1.82, 2.24) is 10.2 Å². The number of halogens is 1. The van der Waals surface area contributed by atoms with Crippen molar-refractivity contribution in [3.8, 4) is 0 Å². The van der Waals surface area contributed by atoms with Gasteiger partial charge in [-0.2, -0.15) is 0 Å². The van der Waals surface area contributed by atoms with Crippen molar-refractivity contribution in [3.05, 3.63) is 58.0 Å². The number of hydrogen-bond donors (Lipinski definition) is 1. The molecule has 0 radical (unpaired) electrons. The molecule has 2 rings (SSSR count). The molecule has 0 unspecified atom stereocenters. The van der Waals surface area contributed by atoms with Crippen molar-refractivity contribution < 1.29 is 14.0 Å². The number of nitrogens with one attached hydrogen (secondary N) is 1. The molecule has 0 atom stereocenters. The first kappa shape index (κ1) is 16.3. The summed E-state index contributed by atoms with van der Waals surface area (Å²) >= 11 is 3.31. The zero-order valence-electron chi connectivity index (χ0n) is 12.4. The number of carbonyl (C=O) groups excluding carboxylic acids is 2. The summed E-state index contributed by atoms with van der Waals surface area (Å²) in [6.45, 7) is 2.17. The molecule has 0 saturated heterocycles. The van der Waals surface area contributed by atoms with Gasteiger partial charge in [0.15, 0.2) is 0 Å². The average molecular weight is 365 g/mol. The summed E-state index contributed by atoms with van der Waals surface area (Å²) in [4.78, 5) is 25.5. The van der Waals surface area contributed by atoms with Crippen molar-refractivity contribution >= 4 is 27.7 Å². The van der Waals surface area contributed by atoms with Gasteiger partial charge in [0.2, 0.25) is 5.91 Å².